The first kappa shape index (κ1) is 73.1. The first-order valence-electron chi connectivity index (χ1n) is 30.3. The molecule has 8 nitrogen and oxygen atoms in total. The highest BCUT2D eigenvalue weighted by Gasteiger charge is 2.23. The predicted molar refractivity (Wildman–Crippen MR) is 334 cm³/mol. The number of hydrogen-bond acceptors (Lipinski definition) is 6. The molecule has 0 bridgehead atoms. The Hall–Kier alpha value is -3.88. The fourth-order valence-corrected chi connectivity index (χ4v) is 8.46. The second-order valence-electron chi connectivity index (χ2n) is 20.9. The monoisotopic (exact) mass is 1080 g/mol. The number of nitrogens with one attached hydrogen (secondary N) is 1. The SMILES string of the molecule is CC/C=C\C/C=C\C/C=C\C/C=C\C/C=C\C/C=C\C/C=C\C/C=C\C/C=C\C/C=C\CCCCCCC(=O)NC(COP(=O)([O-])OCC[N+](C)(C)C)C(O)/C=C/CC/C=C/CC/C=C/CCCCCCCCCCCC. The maximum atomic E-state index is 13.0. The summed E-state index contributed by atoms with van der Waals surface area (Å²) in [5.41, 5.74) is 0. The van der Waals surface area contributed by atoms with Gasteiger partial charge in [-0.3, -0.25) is 9.36 Å². The van der Waals surface area contributed by atoms with Crippen LogP contribution in [0.3, 0.4) is 0 Å². The Bertz CT molecular complexity index is 1810. The molecule has 1 amide bonds. The van der Waals surface area contributed by atoms with Gasteiger partial charge in [0.2, 0.25) is 5.91 Å². The molecule has 0 spiro atoms. The number of carbonyl (C=O) groups excluding carboxylic acids is 1. The van der Waals surface area contributed by atoms with E-state index < -0.39 is 26.6 Å². The molecule has 0 aliphatic rings. The summed E-state index contributed by atoms with van der Waals surface area (Å²) in [4.78, 5) is 25.5. The molecule has 3 unspecified atom stereocenters. The molecule has 0 aromatic rings. The van der Waals surface area contributed by atoms with Crippen LogP contribution in [0.5, 0.6) is 0 Å². The molecule has 0 aromatic carbocycles. The lowest BCUT2D eigenvalue weighted by atomic mass is 10.1. The highest BCUT2D eigenvalue weighted by Crippen LogP contribution is 2.38. The molecule has 0 rings (SSSR count). The summed E-state index contributed by atoms with van der Waals surface area (Å²) in [5, 5.41) is 13.8. The number of quaternary nitrogens is 1. The van der Waals surface area contributed by atoms with E-state index in [0.29, 0.717) is 23.9 Å². The van der Waals surface area contributed by atoms with Crippen LogP contribution in [0.1, 0.15) is 213 Å². The van der Waals surface area contributed by atoms with Crippen LogP contribution in [0.15, 0.2) is 158 Å². The number of allylic oxidation sites excluding steroid dienone is 25. The van der Waals surface area contributed by atoms with Crippen molar-refractivity contribution in [2.45, 2.75) is 225 Å². The summed E-state index contributed by atoms with van der Waals surface area (Å²) in [5.74, 6) is -0.243. The third kappa shape index (κ3) is 59.6. The maximum absolute atomic E-state index is 13.0. The van der Waals surface area contributed by atoms with Gasteiger partial charge < -0.3 is 28.8 Å². The van der Waals surface area contributed by atoms with Gasteiger partial charge in [0.15, 0.2) is 0 Å². The van der Waals surface area contributed by atoms with Gasteiger partial charge in [-0.2, -0.15) is 0 Å². The van der Waals surface area contributed by atoms with E-state index in [1.54, 1.807) is 6.08 Å². The average Bonchev–Trinajstić information content (AvgIpc) is 3.39. The van der Waals surface area contributed by atoms with Gasteiger partial charge in [0.25, 0.3) is 7.82 Å². The minimum absolute atomic E-state index is 0.0234. The molecule has 0 saturated heterocycles. The van der Waals surface area contributed by atoms with Gasteiger partial charge in [0, 0.05) is 6.42 Å². The third-order valence-corrected chi connectivity index (χ3v) is 13.4. The van der Waals surface area contributed by atoms with Gasteiger partial charge in [-0.25, -0.2) is 0 Å². The van der Waals surface area contributed by atoms with Crippen LogP contribution in [0, 0.1) is 0 Å². The Morgan fingerprint density at radius 1 is 0.468 bits per heavy atom. The van der Waals surface area contributed by atoms with E-state index in [4.69, 9.17) is 9.05 Å². The molecular weight excluding hydrogens is 972 g/mol. The smallest absolute Gasteiger partial charge is 0.268 e. The fraction of sp³-hybridized carbons (Fsp3) is 0.603. The van der Waals surface area contributed by atoms with Crippen molar-refractivity contribution >= 4 is 13.7 Å². The molecule has 0 fully saturated rings. The van der Waals surface area contributed by atoms with Gasteiger partial charge in [0.1, 0.15) is 13.2 Å². The number of amides is 1. The second-order valence-corrected chi connectivity index (χ2v) is 22.4. The van der Waals surface area contributed by atoms with Gasteiger partial charge in [-0.15, -0.1) is 0 Å². The van der Waals surface area contributed by atoms with E-state index in [1.165, 1.54) is 70.6 Å². The summed E-state index contributed by atoms with van der Waals surface area (Å²) >= 11 is 0. The van der Waals surface area contributed by atoms with Crippen molar-refractivity contribution in [3.05, 3.63) is 158 Å². The van der Waals surface area contributed by atoms with E-state index in [9.17, 15) is 19.4 Å². The maximum Gasteiger partial charge on any atom is 0.268 e. The molecule has 436 valence electrons. The van der Waals surface area contributed by atoms with Gasteiger partial charge in [0.05, 0.1) is 39.9 Å². The zero-order valence-corrected chi connectivity index (χ0v) is 50.5. The van der Waals surface area contributed by atoms with Crippen molar-refractivity contribution in [2.75, 3.05) is 40.9 Å². The minimum Gasteiger partial charge on any atom is -0.756 e. The quantitative estimate of drug-likeness (QED) is 0.0272. The standard InChI is InChI=1S/C68H113N2O6P/c1-6-8-10-12-14-16-18-20-22-24-26-28-29-30-31-32-33-34-35-36-37-38-39-40-41-42-44-46-48-50-52-54-56-58-60-62-68(72)69-66(65-76-77(73,74)75-64-63-70(3,4)5)67(71)61-59-57-55-53-51-49-47-45-43-27-25-23-21-19-17-15-13-11-9-7-2/h8,10,14,16,20,22,26,28,30-31,33-34,36-37,39-40,42-45,48,50-51,53,59,61,66-67,71H,6-7,9,11-13,15,17-19,21,23-25,27,29,32,35,38,41,46-47,49,52,54-58,60,62-65H2,1-5H3,(H-,69,72,73,74)/b10-8-,16-14-,22-20-,28-26-,31-30-,34-33-,37-36-,40-39-,44-42-,45-43+,50-48-,53-51+,61-59+. The number of carbonyl (C=O) groups is 1. The normalized spacial score (nSPS) is 14.9. The lowest BCUT2D eigenvalue weighted by Gasteiger charge is -2.29. The van der Waals surface area contributed by atoms with Crippen LogP contribution in [0.25, 0.3) is 0 Å². The lowest BCUT2D eigenvalue weighted by Crippen LogP contribution is -2.45. The van der Waals surface area contributed by atoms with Crippen molar-refractivity contribution in [3.8, 4) is 0 Å². The molecule has 0 aliphatic carbocycles. The van der Waals surface area contributed by atoms with Crippen LogP contribution in [-0.2, 0) is 18.4 Å². The zero-order valence-electron chi connectivity index (χ0n) is 49.6. The second kappa shape index (κ2) is 56.8. The number of likely N-dealkylation sites (N-methyl/N-ethyl adjacent to an activating group) is 1. The van der Waals surface area contributed by atoms with E-state index in [0.717, 1.165) is 109 Å². The van der Waals surface area contributed by atoms with Crippen molar-refractivity contribution in [1.29, 1.82) is 0 Å². The summed E-state index contributed by atoms with van der Waals surface area (Å²) in [6.45, 7) is 4.47. The molecule has 2 N–H and O–H groups in total. The summed E-state index contributed by atoms with van der Waals surface area (Å²) in [7, 11) is 1.19. The van der Waals surface area contributed by atoms with Crippen LogP contribution in [-0.4, -0.2) is 68.5 Å². The van der Waals surface area contributed by atoms with Crippen LogP contribution in [0.2, 0.25) is 0 Å². The third-order valence-electron chi connectivity index (χ3n) is 12.4. The highest BCUT2D eigenvalue weighted by atomic mass is 31.2. The fourth-order valence-electron chi connectivity index (χ4n) is 7.74. The number of unbranched alkanes of at least 4 members (excludes halogenated alkanes) is 16. The Labute approximate surface area is 473 Å². The molecule has 77 heavy (non-hydrogen) atoms. The molecule has 9 heteroatoms. The Balaban J connectivity index is 4.34. The predicted octanol–water partition coefficient (Wildman–Crippen LogP) is 18.4. The van der Waals surface area contributed by atoms with Crippen molar-refractivity contribution < 1.29 is 32.9 Å². The van der Waals surface area contributed by atoms with Crippen LogP contribution >= 0.6 is 7.82 Å². The number of aliphatic hydroxyl groups is 1. The summed E-state index contributed by atoms with van der Waals surface area (Å²) in [6, 6.07) is -0.937. The Kier molecular flexibility index (Phi) is 54.0. The summed E-state index contributed by atoms with van der Waals surface area (Å²) in [6.07, 6.45) is 89.0. The van der Waals surface area contributed by atoms with Crippen molar-refractivity contribution in [3.63, 3.8) is 0 Å². The molecular formula is C68H113N2O6P. The largest absolute Gasteiger partial charge is 0.756 e. The van der Waals surface area contributed by atoms with Gasteiger partial charge in [-0.05, 0) is 122 Å². The van der Waals surface area contributed by atoms with E-state index >= 15 is 0 Å². The van der Waals surface area contributed by atoms with E-state index in [-0.39, 0.29) is 18.9 Å². The number of phosphoric acid groups is 1. The number of phosphoric ester groups is 1. The number of aliphatic hydroxyl groups excluding tert-OH is 1. The van der Waals surface area contributed by atoms with E-state index in [1.807, 2.05) is 27.2 Å². The Morgan fingerprint density at radius 3 is 1.21 bits per heavy atom. The average molecular weight is 1090 g/mol. The first-order chi connectivity index (χ1) is 37.5. The molecule has 3 atom stereocenters. The number of nitrogens with zero attached hydrogens (tertiary/aromatic N) is 1. The first-order valence-corrected chi connectivity index (χ1v) is 31.8. The lowest BCUT2D eigenvalue weighted by molar-refractivity contribution is -0.870. The van der Waals surface area contributed by atoms with Crippen molar-refractivity contribution in [2.24, 2.45) is 0 Å². The molecule has 0 heterocycles. The van der Waals surface area contributed by atoms with Crippen molar-refractivity contribution in [1.82, 2.24) is 5.32 Å². The van der Waals surface area contributed by atoms with Crippen LogP contribution < -0.4 is 10.2 Å². The van der Waals surface area contributed by atoms with Gasteiger partial charge >= 0.3 is 0 Å². The highest BCUT2D eigenvalue weighted by molar-refractivity contribution is 7.45. The molecule has 0 aromatic heterocycles. The topological polar surface area (TPSA) is 108 Å². The van der Waals surface area contributed by atoms with Crippen LogP contribution in [0.4, 0.5) is 0 Å². The Morgan fingerprint density at radius 2 is 0.805 bits per heavy atom. The number of hydrogen-bond donors (Lipinski definition) is 2. The molecule has 0 aliphatic heterocycles. The molecule has 0 saturated carbocycles. The minimum atomic E-state index is -4.63. The number of rotatable bonds is 53. The van der Waals surface area contributed by atoms with Gasteiger partial charge in [-0.1, -0.05) is 242 Å². The van der Waals surface area contributed by atoms with E-state index in [2.05, 4.69) is 165 Å². The molecule has 0 radical (unpaired) electrons. The summed E-state index contributed by atoms with van der Waals surface area (Å²) < 4.78 is 23.3. The zero-order chi connectivity index (χ0) is 56.3.